The van der Waals surface area contributed by atoms with Gasteiger partial charge in [-0.1, -0.05) is 6.92 Å². The number of nitrogens with zero attached hydrogens (tertiary/aromatic N) is 3. The third-order valence-electron chi connectivity index (χ3n) is 4.01. The van der Waals surface area contributed by atoms with Crippen molar-refractivity contribution in [3.8, 4) is 0 Å². The van der Waals surface area contributed by atoms with Crippen molar-refractivity contribution >= 4 is 21.8 Å². The Morgan fingerprint density at radius 1 is 1.50 bits per heavy atom. The van der Waals surface area contributed by atoms with Crippen molar-refractivity contribution in [3.63, 3.8) is 0 Å². The SMILES string of the molecule is CCc1nn(CC)c(CN2CCCC(C(=N)N)C2)c1Br. The van der Waals surface area contributed by atoms with Gasteiger partial charge in [0.25, 0.3) is 0 Å². The third-order valence-corrected chi connectivity index (χ3v) is 4.93. The van der Waals surface area contributed by atoms with Crippen LogP contribution in [0, 0.1) is 11.3 Å². The fourth-order valence-corrected chi connectivity index (χ4v) is 3.52. The van der Waals surface area contributed by atoms with E-state index in [-0.39, 0.29) is 5.92 Å². The molecule has 1 saturated heterocycles. The van der Waals surface area contributed by atoms with Crippen molar-refractivity contribution in [1.29, 1.82) is 5.41 Å². The van der Waals surface area contributed by atoms with Crippen LogP contribution in [-0.2, 0) is 19.5 Å². The number of aryl methyl sites for hydroxylation is 2. The van der Waals surface area contributed by atoms with E-state index in [9.17, 15) is 0 Å². The van der Waals surface area contributed by atoms with Crippen molar-refractivity contribution in [2.75, 3.05) is 13.1 Å². The highest BCUT2D eigenvalue weighted by atomic mass is 79.9. The molecule has 1 atom stereocenters. The molecular weight excluding hydrogens is 318 g/mol. The van der Waals surface area contributed by atoms with Crippen LogP contribution in [0.15, 0.2) is 4.47 Å². The average Bonchev–Trinajstić information content (AvgIpc) is 2.75. The lowest BCUT2D eigenvalue weighted by molar-refractivity contribution is 0.190. The first-order chi connectivity index (χ1) is 9.56. The summed E-state index contributed by atoms with van der Waals surface area (Å²) in [5.41, 5.74) is 8.04. The van der Waals surface area contributed by atoms with Crippen molar-refractivity contribution < 1.29 is 0 Å². The monoisotopic (exact) mass is 341 g/mol. The van der Waals surface area contributed by atoms with Crippen LogP contribution in [0.4, 0.5) is 0 Å². The highest BCUT2D eigenvalue weighted by molar-refractivity contribution is 9.10. The number of amidine groups is 1. The first kappa shape index (κ1) is 15.5. The molecule has 112 valence electrons. The van der Waals surface area contributed by atoms with Gasteiger partial charge in [-0.2, -0.15) is 5.10 Å². The van der Waals surface area contributed by atoms with Gasteiger partial charge in [-0.05, 0) is 48.7 Å². The van der Waals surface area contributed by atoms with Gasteiger partial charge in [0.15, 0.2) is 0 Å². The molecule has 1 aromatic heterocycles. The second-order valence-electron chi connectivity index (χ2n) is 5.41. The molecule has 0 radical (unpaired) electrons. The minimum Gasteiger partial charge on any atom is -0.387 e. The lowest BCUT2D eigenvalue weighted by atomic mass is 9.97. The van der Waals surface area contributed by atoms with Crippen LogP contribution in [0.2, 0.25) is 0 Å². The molecule has 2 heterocycles. The van der Waals surface area contributed by atoms with Crippen molar-refractivity contribution in [3.05, 3.63) is 15.9 Å². The molecule has 1 unspecified atom stereocenters. The summed E-state index contributed by atoms with van der Waals surface area (Å²) in [4.78, 5) is 2.39. The Hall–Kier alpha value is -0.880. The highest BCUT2D eigenvalue weighted by Crippen LogP contribution is 2.25. The van der Waals surface area contributed by atoms with Gasteiger partial charge in [0.05, 0.1) is 21.7 Å². The molecule has 0 aromatic carbocycles. The number of halogens is 1. The molecular formula is C14H24BrN5. The van der Waals surface area contributed by atoms with Gasteiger partial charge < -0.3 is 5.73 Å². The summed E-state index contributed by atoms with van der Waals surface area (Å²) in [6.45, 7) is 7.98. The predicted molar refractivity (Wildman–Crippen MR) is 84.9 cm³/mol. The Morgan fingerprint density at radius 3 is 2.85 bits per heavy atom. The number of aromatic nitrogens is 2. The standard InChI is InChI=1S/C14H24BrN5/c1-3-11-13(15)12(20(4-2)18-11)9-19-7-5-6-10(8-19)14(16)17/h10H,3-9H2,1-2H3,(H3,16,17). The van der Waals surface area contributed by atoms with E-state index in [0.717, 1.165) is 55.6 Å². The van der Waals surface area contributed by atoms with Crippen LogP contribution in [0.25, 0.3) is 0 Å². The van der Waals surface area contributed by atoms with Crippen LogP contribution in [0.1, 0.15) is 38.1 Å². The summed E-state index contributed by atoms with van der Waals surface area (Å²) in [7, 11) is 0. The summed E-state index contributed by atoms with van der Waals surface area (Å²) in [5, 5.41) is 12.3. The zero-order valence-corrected chi connectivity index (χ0v) is 13.9. The molecule has 0 spiro atoms. The molecule has 2 rings (SSSR count). The topological polar surface area (TPSA) is 70.9 Å². The first-order valence-electron chi connectivity index (χ1n) is 7.37. The summed E-state index contributed by atoms with van der Waals surface area (Å²) in [6, 6.07) is 0. The van der Waals surface area contributed by atoms with Gasteiger partial charge in [-0.3, -0.25) is 15.0 Å². The van der Waals surface area contributed by atoms with Crippen molar-refractivity contribution in [1.82, 2.24) is 14.7 Å². The van der Waals surface area contributed by atoms with Crippen molar-refractivity contribution in [2.45, 2.75) is 46.2 Å². The lowest BCUT2D eigenvalue weighted by Crippen LogP contribution is -2.40. The number of hydrogen-bond acceptors (Lipinski definition) is 3. The van der Waals surface area contributed by atoms with Gasteiger partial charge in [-0.25, -0.2) is 0 Å². The van der Waals surface area contributed by atoms with Crippen LogP contribution in [-0.4, -0.2) is 33.6 Å². The van der Waals surface area contributed by atoms with E-state index >= 15 is 0 Å². The highest BCUT2D eigenvalue weighted by Gasteiger charge is 2.24. The molecule has 0 bridgehead atoms. The number of hydrogen-bond donors (Lipinski definition) is 2. The predicted octanol–water partition coefficient (Wildman–Crippen LogP) is 2.38. The second kappa shape index (κ2) is 6.72. The number of nitrogens with two attached hydrogens (primary N) is 1. The number of piperidine rings is 1. The zero-order valence-electron chi connectivity index (χ0n) is 12.3. The third kappa shape index (κ3) is 3.23. The van der Waals surface area contributed by atoms with E-state index in [1.54, 1.807) is 0 Å². The largest absolute Gasteiger partial charge is 0.387 e. The summed E-state index contributed by atoms with van der Waals surface area (Å²) < 4.78 is 3.23. The molecule has 3 N–H and O–H groups in total. The normalized spacial score (nSPS) is 20.2. The van der Waals surface area contributed by atoms with Crippen molar-refractivity contribution in [2.24, 2.45) is 11.7 Å². The molecule has 5 nitrogen and oxygen atoms in total. The van der Waals surface area contributed by atoms with E-state index in [4.69, 9.17) is 11.1 Å². The quantitative estimate of drug-likeness (QED) is 0.638. The number of nitrogens with one attached hydrogen (secondary N) is 1. The Morgan fingerprint density at radius 2 is 2.25 bits per heavy atom. The minimum atomic E-state index is 0.214. The van der Waals surface area contributed by atoms with E-state index in [1.165, 1.54) is 5.69 Å². The molecule has 1 fully saturated rings. The zero-order chi connectivity index (χ0) is 14.7. The Kier molecular flexibility index (Phi) is 5.21. The number of likely N-dealkylation sites (tertiary alicyclic amines) is 1. The van der Waals surface area contributed by atoms with E-state index < -0.39 is 0 Å². The molecule has 20 heavy (non-hydrogen) atoms. The number of rotatable bonds is 5. The smallest absolute Gasteiger partial charge is 0.0949 e. The van der Waals surface area contributed by atoms with E-state index in [1.807, 2.05) is 0 Å². The van der Waals surface area contributed by atoms with Crippen LogP contribution in [0.3, 0.4) is 0 Å². The van der Waals surface area contributed by atoms with Crippen LogP contribution < -0.4 is 5.73 Å². The molecule has 1 aliphatic rings. The van der Waals surface area contributed by atoms with Gasteiger partial charge in [0, 0.05) is 25.6 Å². The van der Waals surface area contributed by atoms with Gasteiger partial charge >= 0.3 is 0 Å². The van der Waals surface area contributed by atoms with Crippen LogP contribution >= 0.6 is 15.9 Å². The fourth-order valence-electron chi connectivity index (χ4n) is 2.83. The summed E-state index contributed by atoms with van der Waals surface area (Å²) in [5.74, 6) is 0.540. The molecule has 6 heteroatoms. The molecule has 1 aliphatic heterocycles. The lowest BCUT2D eigenvalue weighted by Gasteiger charge is -2.32. The second-order valence-corrected chi connectivity index (χ2v) is 6.20. The molecule has 0 amide bonds. The average molecular weight is 342 g/mol. The fraction of sp³-hybridized carbons (Fsp3) is 0.714. The first-order valence-corrected chi connectivity index (χ1v) is 8.16. The summed E-state index contributed by atoms with van der Waals surface area (Å²) >= 11 is 3.70. The van der Waals surface area contributed by atoms with Gasteiger partial charge in [0.1, 0.15) is 0 Å². The maximum atomic E-state index is 7.64. The Labute approximate surface area is 129 Å². The van der Waals surface area contributed by atoms with E-state index in [0.29, 0.717) is 5.84 Å². The Balaban J connectivity index is 2.13. The Bertz CT molecular complexity index is 482. The molecule has 0 aliphatic carbocycles. The maximum absolute atomic E-state index is 7.64. The minimum absolute atomic E-state index is 0.214. The summed E-state index contributed by atoms with van der Waals surface area (Å²) in [6.07, 6.45) is 3.10. The van der Waals surface area contributed by atoms with E-state index in [2.05, 4.69) is 44.5 Å². The molecule has 0 saturated carbocycles. The maximum Gasteiger partial charge on any atom is 0.0949 e. The van der Waals surface area contributed by atoms with Gasteiger partial charge in [0.2, 0.25) is 0 Å². The molecule has 1 aromatic rings. The van der Waals surface area contributed by atoms with Gasteiger partial charge in [-0.15, -0.1) is 0 Å². The van der Waals surface area contributed by atoms with Crippen LogP contribution in [0.5, 0.6) is 0 Å².